The molecule has 1 unspecified atom stereocenters. The highest BCUT2D eigenvalue weighted by Crippen LogP contribution is 2.03. The first kappa shape index (κ1) is 16.1. The monoisotopic (exact) mass is 296 g/mol. The average molecular weight is 296 g/mol. The molecular formula is C12H12N2O7. The van der Waals surface area contributed by atoms with Gasteiger partial charge in [0.2, 0.25) is 11.9 Å². The largest absolute Gasteiger partial charge is 0.459 e. The number of amides is 1. The lowest BCUT2D eigenvalue weighted by Gasteiger charge is -2.14. The first-order valence-corrected chi connectivity index (χ1v) is 5.74. The number of rotatable bonds is 6. The van der Waals surface area contributed by atoms with Crippen molar-refractivity contribution >= 4 is 17.8 Å². The predicted octanol–water partition coefficient (Wildman–Crippen LogP) is -0.0306. The summed E-state index contributed by atoms with van der Waals surface area (Å²) in [6, 6.07) is 6.66. The molecule has 1 amide bonds. The smallest absolute Gasteiger partial charge is 0.339 e. The first-order valence-electron chi connectivity index (χ1n) is 5.74. The molecule has 1 atom stereocenters. The van der Waals surface area contributed by atoms with E-state index in [4.69, 9.17) is 4.74 Å². The summed E-state index contributed by atoms with van der Waals surface area (Å²) in [5.41, 5.74) is 0.648. The van der Waals surface area contributed by atoms with E-state index in [1.807, 2.05) is 5.32 Å². The first-order chi connectivity index (χ1) is 9.90. The predicted molar refractivity (Wildman–Crippen MR) is 66.9 cm³/mol. The van der Waals surface area contributed by atoms with Crippen LogP contribution in [-0.2, 0) is 30.6 Å². The molecule has 0 saturated carbocycles. The van der Waals surface area contributed by atoms with Crippen molar-refractivity contribution in [1.82, 2.24) is 5.32 Å². The van der Waals surface area contributed by atoms with Crippen LogP contribution < -0.4 is 5.32 Å². The van der Waals surface area contributed by atoms with Crippen molar-refractivity contribution in [3.63, 3.8) is 0 Å². The second-order valence-corrected chi connectivity index (χ2v) is 3.86. The van der Waals surface area contributed by atoms with Crippen LogP contribution in [0.15, 0.2) is 30.3 Å². The molecule has 21 heavy (non-hydrogen) atoms. The number of benzene rings is 1. The van der Waals surface area contributed by atoms with Crippen LogP contribution in [0.1, 0.15) is 12.5 Å². The number of hydrogen-bond acceptors (Lipinski definition) is 7. The SMILES string of the molecule is CC(=O)NC(C(=O)OCc1ccccc1)C(=O)O[N+](=O)[O-]. The third kappa shape index (κ3) is 5.68. The summed E-state index contributed by atoms with van der Waals surface area (Å²) in [5, 5.41) is 10.7. The van der Waals surface area contributed by atoms with Crippen molar-refractivity contribution in [2.45, 2.75) is 19.6 Å². The summed E-state index contributed by atoms with van der Waals surface area (Å²) < 4.78 is 4.82. The Morgan fingerprint density at radius 1 is 1.24 bits per heavy atom. The number of carbonyl (C=O) groups is 3. The molecule has 1 aromatic carbocycles. The highest BCUT2D eigenvalue weighted by Gasteiger charge is 2.31. The zero-order valence-electron chi connectivity index (χ0n) is 11.0. The fraction of sp³-hybridized carbons (Fsp3) is 0.250. The number of esters is 1. The molecule has 1 N–H and O–H groups in total. The number of carbonyl (C=O) groups excluding carboxylic acids is 3. The van der Waals surface area contributed by atoms with Crippen molar-refractivity contribution in [2.24, 2.45) is 0 Å². The van der Waals surface area contributed by atoms with Gasteiger partial charge in [0.1, 0.15) is 6.61 Å². The highest BCUT2D eigenvalue weighted by molar-refractivity contribution is 6.01. The van der Waals surface area contributed by atoms with Crippen LogP contribution in [0.25, 0.3) is 0 Å². The number of ether oxygens (including phenoxy) is 1. The maximum absolute atomic E-state index is 11.7. The second-order valence-electron chi connectivity index (χ2n) is 3.86. The van der Waals surface area contributed by atoms with Gasteiger partial charge < -0.3 is 10.1 Å². The van der Waals surface area contributed by atoms with Gasteiger partial charge in [-0.15, -0.1) is 10.1 Å². The Balaban J connectivity index is 2.68. The van der Waals surface area contributed by atoms with Gasteiger partial charge in [0.15, 0.2) is 0 Å². The lowest BCUT2D eigenvalue weighted by molar-refractivity contribution is -0.729. The maximum atomic E-state index is 11.7. The number of nitrogens with zero attached hydrogens (tertiary/aromatic N) is 1. The minimum Gasteiger partial charge on any atom is -0.459 e. The fourth-order valence-electron chi connectivity index (χ4n) is 1.36. The lowest BCUT2D eigenvalue weighted by Crippen LogP contribution is -2.47. The van der Waals surface area contributed by atoms with Crippen molar-refractivity contribution in [1.29, 1.82) is 0 Å². The summed E-state index contributed by atoms with van der Waals surface area (Å²) in [5.74, 6) is -3.42. The van der Waals surface area contributed by atoms with Crippen LogP contribution in [0.5, 0.6) is 0 Å². The zero-order valence-corrected chi connectivity index (χ0v) is 11.0. The van der Waals surface area contributed by atoms with Crippen LogP contribution in [0.2, 0.25) is 0 Å². The quantitative estimate of drug-likeness (QED) is 0.338. The van der Waals surface area contributed by atoms with Gasteiger partial charge >= 0.3 is 17.0 Å². The average Bonchev–Trinajstić information content (AvgIpc) is 2.42. The van der Waals surface area contributed by atoms with Gasteiger partial charge in [0, 0.05) is 6.92 Å². The summed E-state index contributed by atoms with van der Waals surface area (Å²) in [4.78, 5) is 47.8. The van der Waals surface area contributed by atoms with Gasteiger partial charge in [-0.3, -0.25) is 9.59 Å². The molecule has 0 aromatic heterocycles. The normalized spacial score (nSPS) is 11.1. The Labute approximate surface area is 118 Å². The topological polar surface area (TPSA) is 125 Å². The Bertz CT molecular complexity index is 544. The van der Waals surface area contributed by atoms with Gasteiger partial charge in [0.25, 0.3) is 0 Å². The van der Waals surface area contributed by atoms with Crippen LogP contribution in [-0.4, -0.2) is 29.0 Å². The Morgan fingerprint density at radius 2 is 1.86 bits per heavy atom. The number of hydrogen-bond donors (Lipinski definition) is 1. The molecule has 0 aliphatic heterocycles. The van der Waals surface area contributed by atoms with E-state index in [0.29, 0.717) is 5.56 Å². The molecule has 0 radical (unpaired) electrons. The Morgan fingerprint density at radius 3 is 2.38 bits per heavy atom. The summed E-state index contributed by atoms with van der Waals surface area (Å²) >= 11 is 0. The molecule has 112 valence electrons. The van der Waals surface area contributed by atoms with Crippen LogP contribution in [0.3, 0.4) is 0 Å². The minimum atomic E-state index is -1.89. The van der Waals surface area contributed by atoms with E-state index in [0.717, 1.165) is 6.92 Å². The van der Waals surface area contributed by atoms with E-state index in [9.17, 15) is 24.5 Å². The number of nitrogens with one attached hydrogen (secondary N) is 1. The van der Waals surface area contributed by atoms with Crippen molar-refractivity contribution in [3.8, 4) is 0 Å². The summed E-state index contributed by atoms with van der Waals surface area (Å²) in [6.45, 7) is 0.887. The van der Waals surface area contributed by atoms with Crippen molar-refractivity contribution < 1.29 is 29.0 Å². The van der Waals surface area contributed by atoms with Crippen LogP contribution in [0, 0.1) is 10.1 Å². The van der Waals surface area contributed by atoms with E-state index in [1.54, 1.807) is 30.3 Å². The molecule has 0 spiro atoms. The molecule has 0 fully saturated rings. The molecule has 1 aromatic rings. The maximum Gasteiger partial charge on any atom is 0.339 e. The molecule has 0 saturated heterocycles. The van der Waals surface area contributed by atoms with E-state index in [-0.39, 0.29) is 6.61 Å². The van der Waals surface area contributed by atoms with Crippen LogP contribution >= 0.6 is 0 Å². The molecule has 9 nitrogen and oxygen atoms in total. The molecule has 0 aliphatic rings. The third-order valence-electron chi connectivity index (χ3n) is 2.21. The highest BCUT2D eigenvalue weighted by atomic mass is 17.0. The second kappa shape index (κ2) is 7.58. The summed E-state index contributed by atoms with van der Waals surface area (Å²) in [6.07, 6.45) is 0. The fourth-order valence-corrected chi connectivity index (χ4v) is 1.36. The van der Waals surface area contributed by atoms with Crippen LogP contribution in [0.4, 0.5) is 0 Å². The van der Waals surface area contributed by atoms with Gasteiger partial charge in [-0.05, 0) is 5.56 Å². The van der Waals surface area contributed by atoms with Gasteiger partial charge in [-0.2, -0.15) is 0 Å². The third-order valence-corrected chi connectivity index (χ3v) is 2.21. The molecular weight excluding hydrogens is 284 g/mol. The molecule has 9 heteroatoms. The zero-order chi connectivity index (χ0) is 15.8. The van der Waals surface area contributed by atoms with Gasteiger partial charge in [-0.25, -0.2) is 9.63 Å². The molecule has 0 heterocycles. The standard InChI is InChI=1S/C12H12N2O7/c1-8(15)13-10(12(17)21-14(18)19)11(16)20-7-9-5-3-2-4-6-9/h2-6,10H,7H2,1H3,(H,13,15). The minimum absolute atomic E-state index is 0.151. The Hall–Kier alpha value is -2.97. The lowest BCUT2D eigenvalue weighted by atomic mass is 10.2. The van der Waals surface area contributed by atoms with E-state index in [1.165, 1.54) is 0 Å². The molecule has 0 aliphatic carbocycles. The van der Waals surface area contributed by atoms with Gasteiger partial charge in [0.05, 0.1) is 0 Å². The van der Waals surface area contributed by atoms with E-state index in [2.05, 4.69) is 4.84 Å². The van der Waals surface area contributed by atoms with Gasteiger partial charge in [-0.1, -0.05) is 30.3 Å². The Kier molecular flexibility index (Phi) is 5.80. The van der Waals surface area contributed by atoms with E-state index >= 15 is 0 Å². The van der Waals surface area contributed by atoms with E-state index < -0.39 is 29.0 Å². The molecule has 0 bridgehead atoms. The molecule has 1 rings (SSSR count). The van der Waals surface area contributed by atoms with Crippen molar-refractivity contribution in [3.05, 3.63) is 46.0 Å². The van der Waals surface area contributed by atoms with Crippen molar-refractivity contribution in [2.75, 3.05) is 0 Å². The summed E-state index contributed by atoms with van der Waals surface area (Å²) in [7, 11) is 0.